The van der Waals surface area contributed by atoms with Gasteiger partial charge in [-0.2, -0.15) is 4.31 Å². The van der Waals surface area contributed by atoms with Crippen molar-refractivity contribution in [2.24, 2.45) is 0 Å². The largest absolute Gasteiger partial charge is 0.494 e. The number of carbonyl (C=O) groups is 2. The number of ketones is 1. The first-order valence-electron chi connectivity index (χ1n) is 9.30. The number of nitrogens with zero attached hydrogens (tertiary/aromatic N) is 1. The van der Waals surface area contributed by atoms with E-state index in [2.05, 4.69) is 0 Å². The lowest BCUT2D eigenvalue weighted by Crippen LogP contribution is -2.30. The topological polar surface area (TPSA) is 90.0 Å². The zero-order valence-electron chi connectivity index (χ0n) is 17.3. The summed E-state index contributed by atoms with van der Waals surface area (Å²) in [5.41, 5.74) is 0.564. The molecule has 2 aromatic carbocycles. The summed E-state index contributed by atoms with van der Waals surface area (Å²) in [6.45, 7) is 5.04. The Bertz CT molecular complexity index is 1050. The smallest absolute Gasteiger partial charge is 0.338 e. The molecule has 0 aliphatic rings. The average molecular weight is 437 g/mol. The monoisotopic (exact) mass is 437 g/mol. The molecule has 0 atom stereocenters. The number of aryl methyl sites for hydroxylation is 1. The standard InChI is InChI=1S/C21H24FNO6S/c1-5-23(6-2)30(26,27)16-9-7-14(3)17(12-16)21(25)29-13-19(24)15-8-10-20(28-4)18(22)11-15/h7-12H,5-6,13H2,1-4H3. The molecule has 2 aromatic rings. The van der Waals surface area contributed by atoms with Gasteiger partial charge in [0.2, 0.25) is 10.0 Å². The van der Waals surface area contributed by atoms with Gasteiger partial charge in [-0.25, -0.2) is 17.6 Å². The van der Waals surface area contributed by atoms with E-state index in [9.17, 15) is 22.4 Å². The molecule has 0 aliphatic heterocycles. The molecule has 2 rings (SSSR count). The number of sulfonamides is 1. The molecule has 9 heteroatoms. The zero-order chi connectivity index (χ0) is 22.5. The second-order valence-electron chi connectivity index (χ2n) is 6.41. The number of hydrogen-bond acceptors (Lipinski definition) is 6. The predicted octanol–water partition coefficient (Wildman–Crippen LogP) is 3.21. The van der Waals surface area contributed by atoms with Gasteiger partial charge in [0.25, 0.3) is 0 Å². The molecule has 0 amide bonds. The van der Waals surface area contributed by atoms with Gasteiger partial charge in [0.05, 0.1) is 17.6 Å². The van der Waals surface area contributed by atoms with Gasteiger partial charge in [-0.1, -0.05) is 19.9 Å². The van der Waals surface area contributed by atoms with Crippen molar-refractivity contribution in [3.63, 3.8) is 0 Å². The average Bonchev–Trinajstić information content (AvgIpc) is 2.72. The van der Waals surface area contributed by atoms with Gasteiger partial charge in [0.15, 0.2) is 24.0 Å². The summed E-state index contributed by atoms with van der Waals surface area (Å²) in [7, 11) is -2.45. The summed E-state index contributed by atoms with van der Waals surface area (Å²) in [6.07, 6.45) is 0. The van der Waals surface area contributed by atoms with E-state index >= 15 is 0 Å². The maximum absolute atomic E-state index is 13.8. The van der Waals surface area contributed by atoms with E-state index in [0.717, 1.165) is 6.07 Å². The van der Waals surface area contributed by atoms with Crippen LogP contribution in [0.4, 0.5) is 4.39 Å². The van der Waals surface area contributed by atoms with Crippen LogP contribution >= 0.6 is 0 Å². The highest BCUT2D eigenvalue weighted by Crippen LogP contribution is 2.21. The third kappa shape index (κ3) is 5.03. The third-order valence-electron chi connectivity index (χ3n) is 4.58. The summed E-state index contributed by atoms with van der Waals surface area (Å²) in [6, 6.07) is 7.83. The van der Waals surface area contributed by atoms with Gasteiger partial charge < -0.3 is 9.47 Å². The lowest BCUT2D eigenvalue weighted by molar-refractivity contribution is 0.0473. The van der Waals surface area contributed by atoms with E-state index in [0.29, 0.717) is 18.7 Å². The summed E-state index contributed by atoms with van der Waals surface area (Å²) < 4.78 is 50.3. The molecule has 0 N–H and O–H groups in total. The van der Waals surface area contributed by atoms with Gasteiger partial charge in [0.1, 0.15) is 0 Å². The highest BCUT2D eigenvalue weighted by molar-refractivity contribution is 7.89. The van der Waals surface area contributed by atoms with Crippen LogP contribution in [0.3, 0.4) is 0 Å². The normalized spacial score (nSPS) is 11.4. The Labute approximate surface area is 175 Å². The van der Waals surface area contributed by atoms with Gasteiger partial charge in [-0.05, 0) is 42.8 Å². The van der Waals surface area contributed by atoms with E-state index in [4.69, 9.17) is 9.47 Å². The second-order valence-corrected chi connectivity index (χ2v) is 8.35. The number of carbonyl (C=O) groups excluding carboxylic acids is 2. The predicted molar refractivity (Wildman–Crippen MR) is 109 cm³/mol. The maximum Gasteiger partial charge on any atom is 0.338 e. The molecule has 0 aromatic heterocycles. The molecule has 0 saturated carbocycles. The molecule has 0 saturated heterocycles. The van der Waals surface area contributed by atoms with E-state index in [1.165, 1.54) is 41.7 Å². The highest BCUT2D eigenvalue weighted by Gasteiger charge is 2.24. The molecule has 0 spiro atoms. The van der Waals surface area contributed by atoms with Crippen molar-refractivity contribution in [2.75, 3.05) is 26.8 Å². The Kier molecular flexibility index (Phi) is 7.69. The Balaban J connectivity index is 2.19. The fourth-order valence-electron chi connectivity index (χ4n) is 2.83. The third-order valence-corrected chi connectivity index (χ3v) is 6.63. The van der Waals surface area contributed by atoms with Crippen LogP contribution in [0.15, 0.2) is 41.3 Å². The van der Waals surface area contributed by atoms with Gasteiger partial charge in [0, 0.05) is 18.7 Å². The molecule has 0 fully saturated rings. The van der Waals surface area contributed by atoms with Crippen molar-refractivity contribution in [3.8, 4) is 5.75 Å². The van der Waals surface area contributed by atoms with Crippen LogP contribution in [-0.4, -0.2) is 51.3 Å². The number of esters is 1. The van der Waals surface area contributed by atoms with E-state index in [-0.39, 0.29) is 21.8 Å². The molecule has 0 aliphatic carbocycles. The molecule has 0 bridgehead atoms. The van der Waals surface area contributed by atoms with Crippen LogP contribution in [0.25, 0.3) is 0 Å². The molecule has 162 valence electrons. The molecular weight excluding hydrogens is 413 g/mol. The summed E-state index contributed by atoms with van der Waals surface area (Å²) in [5.74, 6) is -2.16. The highest BCUT2D eigenvalue weighted by atomic mass is 32.2. The Hall–Kier alpha value is -2.78. The number of halogens is 1. The van der Waals surface area contributed by atoms with Crippen molar-refractivity contribution in [2.45, 2.75) is 25.7 Å². The van der Waals surface area contributed by atoms with Gasteiger partial charge in [-0.3, -0.25) is 4.79 Å². The van der Waals surface area contributed by atoms with Crippen LogP contribution in [0.1, 0.15) is 40.1 Å². The van der Waals surface area contributed by atoms with Gasteiger partial charge >= 0.3 is 5.97 Å². The first-order valence-corrected chi connectivity index (χ1v) is 10.7. The number of methoxy groups -OCH3 is 1. The number of rotatable bonds is 9. The van der Waals surface area contributed by atoms with Gasteiger partial charge in [-0.15, -0.1) is 0 Å². The molecule has 7 nitrogen and oxygen atoms in total. The van der Waals surface area contributed by atoms with E-state index < -0.39 is 34.2 Å². The van der Waals surface area contributed by atoms with Crippen LogP contribution in [0.2, 0.25) is 0 Å². The van der Waals surface area contributed by atoms with Crippen LogP contribution in [0, 0.1) is 12.7 Å². The first kappa shape index (κ1) is 23.5. The number of benzene rings is 2. The molecule has 0 unspecified atom stereocenters. The Morgan fingerprint density at radius 2 is 1.73 bits per heavy atom. The van der Waals surface area contributed by atoms with Crippen molar-refractivity contribution in [1.82, 2.24) is 4.31 Å². The molecule has 30 heavy (non-hydrogen) atoms. The van der Waals surface area contributed by atoms with E-state index in [1.807, 2.05) is 0 Å². The van der Waals surface area contributed by atoms with Crippen LogP contribution < -0.4 is 4.74 Å². The molecule has 0 heterocycles. The lowest BCUT2D eigenvalue weighted by atomic mass is 10.1. The van der Waals surface area contributed by atoms with Crippen molar-refractivity contribution < 1.29 is 31.9 Å². The van der Waals surface area contributed by atoms with Crippen molar-refractivity contribution in [1.29, 1.82) is 0 Å². The summed E-state index contributed by atoms with van der Waals surface area (Å²) in [4.78, 5) is 24.7. The number of Topliss-reactive ketones (excluding diaryl/α,β-unsaturated/α-hetero) is 1. The minimum absolute atomic E-state index is 0.00889. The lowest BCUT2D eigenvalue weighted by Gasteiger charge is -2.19. The first-order chi connectivity index (χ1) is 14.1. The second kappa shape index (κ2) is 9.82. The fourth-order valence-corrected chi connectivity index (χ4v) is 4.31. The minimum Gasteiger partial charge on any atom is -0.494 e. The van der Waals surface area contributed by atoms with Crippen molar-refractivity contribution in [3.05, 3.63) is 58.9 Å². The zero-order valence-corrected chi connectivity index (χ0v) is 18.1. The summed E-state index contributed by atoms with van der Waals surface area (Å²) in [5, 5.41) is 0. The Morgan fingerprint density at radius 3 is 2.30 bits per heavy atom. The van der Waals surface area contributed by atoms with Crippen LogP contribution in [0.5, 0.6) is 5.75 Å². The molecule has 0 radical (unpaired) electrons. The maximum atomic E-state index is 13.8. The number of hydrogen-bond donors (Lipinski definition) is 0. The van der Waals surface area contributed by atoms with Crippen LogP contribution in [-0.2, 0) is 14.8 Å². The quantitative estimate of drug-likeness (QED) is 0.442. The van der Waals surface area contributed by atoms with E-state index in [1.54, 1.807) is 20.8 Å². The number of ether oxygens (including phenoxy) is 2. The fraction of sp³-hybridized carbons (Fsp3) is 0.333. The molecular formula is C21H24FNO6S. The SMILES string of the molecule is CCN(CC)S(=O)(=O)c1ccc(C)c(C(=O)OCC(=O)c2ccc(OC)c(F)c2)c1. The minimum atomic E-state index is -3.75. The summed E-state index contributed by atoms with van der Waals surface area (Å²) >= 11 is 0. The Morgan fingerprint density at radius 1 is 1.07 bits per heavy atom. The van der Waals surface area contributed by atoms with Crippen molar-refractivity contribution >= 4 is 21.8 Å².